The first-order valence-corrected chi connectivity index (χ1v) is 17.4. The van der Waals surface area contributed by atoms with Crippen molar-refractivity contribution in [3.05, 3.63) is 48.0 Å². The quantitative estimate of drug-likeness (QED) is 0.0828. The normalized spacial score (nSPS) is 20.3. The first-order chi connectivity index (χ1) is 21.1. The second-order valence-electron chi connectivity index (χ2n) is 12.7. The standard InChI is InChI=1S/C34H53N5O4S/c1-23(2)20-26(24(3)4)32(41)37-27(21-25-14-8-7-9-15-25)33(42)36-19-13-6-5-12-18-35-30(40)17-11-10-16-29-31-28(22-44-29)38-34(43)39-31/h7-9,14-15,23,26-29,31H,3,5-6,10-13,16-22H2,1-2,4H3,(H,35,40)(H,36,42)(H,37,41)(H2,38,39,43). The molecule has 5 amide bonds. The van der Waals surface area contributed by atoms with Crippen LogP contribution in [0.5, 0.6) is 0 Å². The fourth-order valence-electron chi connectivity index (χ4n) is 5.86. The molecule has 0 bridgehead atoms. The lowest BCUT2D eigenvalue weighted by Gasteiger charge is -2.24. The maximum atomic E-state index is 13.1. The molecule has 5 unspecified atom stereocenters. The molecule has 10 heteroatoms. The van der Waals surface area contributed by atoms with Crippen LogP contribution in [0, 0.1) is 11.8 Å². The highest BCUT2D eigenvalue weighted by molar-refractivity contribution is 8.00. The third-order valence-electron chi connectivity index (χ3n) is 8.34. The molecule has 5 N–H and O–H groups in total. The van der Waals surface area contributed by atoms with Crippen molar-refractivity contribution < 1.29 is 19.2 Å². The van der Waals surface area contributed by atoms with Crippen LogP contribution in [0.15, 0.2) is 42.5 Å². The van der Waals surface area contributed by atoms with E-state index in [1.165, 1.54) is 0 Å². The van der Waals surface area contributed by atoms with Gasteiger partial charge in [0.15, 0.2) is 0 Å². The molecule has 244 valence electrons. The van der Waals surface area contributed by atoms with Crippen LogP contribution < -0.4 is 26.6 Å². The van der Waals surface area contributed by atoms with Gasteiger partial charge in [-0.25, -0.2) is 4.79 Å². The highest BCUT2D eigenvalue weighted by Gasteiger charge is 2.42. The van der Waals surface area contributed by atoms with E-state index < -0.39 is 6.04 Å². The number of nitrogens with one attached hydrogen (secondary N) is 5. The summed E-state index contributed by atoms with van der Waals surface area (Å²) in [7, 11) is 0. The van der Waals surface area contributed by atoms with Gasteiger partial charge in [0.2, 0.25) is 17.7 Å². The second-order valence-corrected chi connectivity index (χ2v) is 14.0. The molecule has 2 fully saturated rings. The number of rotatable bonds is 20. The first-order valence-electron chi connectivity index (χ1n) is 16.4. The summed E-state index contributed by atoms with van der Waals surface area (Å²) in [6, 6.07) is 9.50. The molecular weight excluding hydrogens is 574 g/mol. The predicted molar refractivity (Wildman–Crippen MR) is 178 cm³/mol. The number of benzene rings is 1. The Morgan fingerprint density at radius 2 is 1.66 bits per heavy atom. The molecule has 2 aliphatic rings. The van der Waals surface area contributed by atoms with Crippen LogP contribution in [0.1, 0.15) is 84.1 Å². The topological polar surface area (TPSA) is 128 Å². The lowest BCUT2D eigenvalue weighted by Crippen LogP contribution is -2.50. The number of hydrogen-bond acceptors (Lipinski definition) is 5. The fraction of sp³-hybridized carbons (Fsp3) is 0.647. The summed E-state index contributed by atoms with van der Waals surface area (Å²) >= 11 is 1.91. The summed E-state index contributed by atoms with van der Waals surface area (Å²) in [5, 5.41) is 15.5. The van der Waals surface area contributed by atoms with Gasteiger partial charge in [-0.2, -0.15) is 11.8 Å². The molecule has 3 rings (SSSR count). The van der Waals surface area contributed by atoms with Crippen molar-refractivity contribution in [1.29, 1.82) is 0 Å². The zero-order valence-electron chi connectivity index (χ0n) is 26.8. The third-order valence-corrected chi connectivity index (χ3v) is 9.85. The number of fused-ring (bicyclic) bond motifs is 1. The lowest BCUT2D eigenvalue weighted by molar-refractivity contribution is -0.130. The van der Waals surface area contributed by atoms with E-state index >= 15 is 0 Å². The number of urea groups is 1. The van der Waals surface area contributed by atoms with Gasteiger partial charge in [-0.3, -0.25) is 14.4 Å². The van der Waals surface area contributed by atoms with Crippen LogP contribution in [0.2, 0.25) is 0 Å². The van der Waals surface area contributed by atoms with Gasteiger partial charge in [0.05, 0.1) is 18.0 Å². The molecule has 0 aliphatic carbocycles. The molecule has 5 atom stereocenters. The zero-order valence-corrected chi connectivity index (χ0v) is 27.6. The predicted octanol–water partition coefficient (Wildman–Crippen LogP) is 4.47. The van der Waals surface area contributed by atoms with Crippen LogP contribution in [0.3, 0.4) is 0 Å². The third kappa shape index (κ3) is 12.2. The Morgan fingerprint density at radius 1 is 0.955 bits per heavy atom. The fourth-order valence-corrected chi connectivity index (χ4v) is 7.41. The van der Waals surface area contributed by atoms with Gasteiger partial charge < -0.3 is 26.6 Å². The zero-order chi connectivity index (χ0) is 31.9. The Balaban J connectivity index is 1.27. The summed E-state index contributed by atoms with van der Waals surface area (Å²) < 4.78 is 0. The van der Waals surface area contributed by atoms with Gasteiger partial charge in [0.25, 0.3) is 0 Å². The van der Waals surface area contributed by atoms with Crippen molar-refractivity contribution in [1.82, 2.24) is 26.6 Å². The minimum Gasteiger partial charge on any atom is -0.356 e. The molecule has 2 heterocycles. The van der Waals surface area contributed by atoms with Crippen LogP contribution in [0.25, 0.3) is 0 Å². The van der Waals surface area contributed by atoms with E-state index in [9.17, 15) is 19.2 Å². The lowest BCUT2D eigenvalue weighted by atomic mass is 9.90. The summed E-state index contributed by atoms with van der Waals surface area (Å²) in [4.78, 5) is 50.0. The summed E-state index contributed by atoms with van der Waals surface area (Å²) in [5.41, 5.74) is 1.80. The van der Waals surface area contributed by atoms with Crippen molar-refractivity contribution in [2.75, 3.05) is 18.8 Å². The van der Waals surface area contributed by atoms with Gasteiger partial charge in [0, 0.05) is 36.9 Å². The Hall–Kier alpha value is -3.01. The van der Waals surface area contributed by atoms with Gasteiger partial charge >= 0.3 is 6.03 Å². The number of amides is 5. The Bertz CT molecular complexity index is 1100. The highest BCUT2D eigenvalue weighted by Crippen LogP contribution is 2.33. The van der Waals surface area contributed by atoms with Crippen LogP contribution in [-0.4, -0.2) is 66.0 Å². The van der Waals surface area contributed by atoms with E-state index in [1.54, 1.807) is 0 Å². The summed E-state index contributed by atoms with van der Waals surface area (Å²) in [5.74, 6) is 0.762. The Labute approximate surface area is 267 Å². The number of thioether (sulfide) groups is 1. The van der Waals surface area contributed by atoms with E-state index in [1.807, 2.05) is 49.0 Å². The molecule has 9 nitrogen and oxygen atoms in total. The van der Waals surface area contributed by atoms with E-state index in [0.29, 0.717) is 43.5 Å². The second kappa shape index (κ2) is 18.7. The van der Waals surface area contributed by atoms with Crippen molar-refractivity contribution in [2.24, 2.45) is 11.8 Å². The maximum absolute atomic E-state index is 13.1. The molecule has 0 spiro atoms. The minimum absolute atomic E-state index is 0.0583. The van der Waals surface area contributed by atoms with Gasteiger partial charge in [-0.05, 0) is 50.5 Å². The van der Waals surface area contributed by atoms with Gasteiger partial charge in [0.1, 0.15) is 6.04 Å². The molecule has 1 aromatic carbocycles. The molecular formula is C34H53N5O4S. The minimum atomic E-state index is -0.649. The highest BCUT2D eigenvalue weighted by atomic mass is 32.2. The maximum Gasteiger partial charge on any atom is 0.315 e. The SMILES string of the molecule is C=C(C)C(CC(C)C)C(=O)NC(Cc1ccccc1)C(=O)NCCCCCCNC(=O)CCCCC1SCC2NC(=O)NC21. The van der Waals surface area contributed by atoms with Crippen molar-refractivity contribution in [3.8, 4) is 0 Å². The number of carbonyl (C=O) groups is 4. The molecule has 2 aliphatic heterocycles. The van der Waals surface area contributed by atoms with Crippen molar-refractivity contribution in [2.45, 2.75) is 108 Å². The monoisotopic (exact) mass is 627 g/mol. The molecule has 0 saturated carbocycles. The molecule has 1 aromatic rings. The van der Waals surface area contributed by atoms with Crippen molar-refractivity contribution >= 4 is 35.5 Å². The average molecular weight is 628 g/mol. The largest absolute Gasteiger partial charge is 0.356 e. The Kier molecular flexibility index (Phi) is 15.1. The molecule has 2 saturated heterocycles. The summed E-state index contributed by atoms with van der Waals surface area (Å²) in [6.45, 7) is 11.2. The molecule has 0 aromatic heterocycles. The van der Waals surface area contributed by atoms with Gasteiger partial charge in [-0.15, -0.1) is 0 Å². The van der Waals surface area contributed by atoms with Crippen LogP contribution >= 0.6 is 11.8 Å². The number of carbonyl (C=O) groups excluding carboxylic acids is 4. The van der Waals surface area contributed by atoms with E-state index in [0.717, 1.165) is 61.8 Å². The Morgan fingerprint density at radius 3 is 2.34 bits per heavy atom. The summed E-state index contributed by atoms with van der Waals surface area (Å²) in [6.07, 6.45) is 8.18. The first kappa shape index (κ1) is 35.5. The van der Waals surface area contributed by atoms with Crippen molar-refractivity contribution in [3.63, 3.8) is 0 Å². The average Bonchev–Trinajstić information content (AvgIpc) is 3.54. The number of unbranched alkanes of at least 4 members (excludes halogenated alkanes) is 4. The van der Waals surface area contributed by atoms with E-state index in [2.05, 4.69) is 47.0 Å². The smallest absolute Gasteiger partial charge is 0.315 e. The molecule has 44 heavy (non-hydrogen) atoms. The van der Waals surface area contributed by atoms with E-state index in [-0.39, 0.29) is 41.8 Å². The van der Waals surface area contributed by atoms with Gasteiger partial charge in [-0.1, -0.05) is 75.6 Å². The molecule has 0 radical (unpaired) electrons. The van der Waals surface area contributed by atoms with E-state index in [4.69, 9.17) is 0 Å². The van der Waals surface area contributed by atoms with Crippen LogP contribution in [0.4, 0.5) is 4.79 Å². The number of hydrogen-bond donors (Lipinski definition) is 5. The van der Waals surface area contributed by atoms with Crippen LogP contribution in [-0.2, 0) is 20.8 Å².